The summed E-state index contributed by atoms with van der Waals surface area (Å²) >= 11 is 0. The maximum Gasteiger partial charge on any atom is 0.227 e. The van der Waals surface area contributed by atoms with Gasteiger partial charge in [0.15, 0.2) is 0 Å². The second-order valence-corrected chi connectivity index (χ2v) is 8.79. The number of carbonyl (C=O) groups excluding carboxylic acids is 2. The molecule has 6 nitrogen and oxygen atoms in total. The number of ether oxygens (including phenoxy) is 1. The highest BCUT2D eigenvalue weighted by molar-refractivity contribution is 5.81. The van der Waals surface area contributed by atoms with Gasteiger partial charge in [-0.15, -0.1) is 0 Å². The van der Waals surface area contributed by atoms with Gasteiger partial charge in [-0.3, -0.25) is 14.5 Å². The van der Waals surface area contributed by atoms with Crippen molar-refractivity contribution in [2.75, 3.05) is 45.9 Å². The van der Waals surface area contributed by atoms with E-state index >= 15 is 0 Å². The van der Waals surface area contributed by atoms with Crippen molar-refractivity contribution in [3.63, 3.8) is 0 Å². The van der Waals surface area contributed by atoms with Crippen LogP contribution < -0.4 is 4.74 Å². The summed E-state index contributed by atoms with van der Waals surface area (Å²) in [4.78, 5) is 31.4. The maximum absolute atomic E-state index is 13.4. The zero-order valence-corrected chi connectivity index (χ0v) is 16.5. The molecule has 1 aliphatic carbocycles. The number of hydrogen-bond acceptors (Lipinski definition) is 4. The molecule has 0 bridgehead atoms. The monoisotopic (exact) mass is 383 g/mol. The summed E-state index contributed by atoms with van der Waals surface area (Å²) in [6.07, 6.45) is 2.63. The lowest BCUT2D eigenvalue weighted by molar-refractivity contribution is -0.142. The molecule has 150 valence electrons. The van der Waals surface area contributed by atoms with E-state index in [1.54, 1.807) is 6.92 Å². The number of rotatable bonds is 3. The molecule has 3 heterocycles. The summed E-state index contributed by atoms with van der Waals surface area (Å²) in [5, 5.41) is 0. The zero-order chi connectivity index (χ0) is 19.3. The largest absolute Gasteiger partial charge is 0.493 e. The molecule has 5 rings (SSSR count). The molecule has 3 fully saturated rings. The Bertz CT molecular complexity index is 770. The number of carbonyl (C=O) groups is 2. The van der Waals surface area contributed by atoms with Gasteiger partial charge in [-0.25, -0.2) is 0 Å². The lowest BCUT2D eigenvalue weighted by atomic mass is 9.84. The first-order chi connectivity index (χ1) is 13.6. The number of para-hydroxylation sites is 1. The van der Waals surface area contributed by atoms with E-state index in [-0.39, 0.29) is 29.7 Å². The van der Waals surface area contributed by atoms with Crippen molar-refractivity contribution in [1.29, 1.82) is 0 Å². The van der Waals surface area contributed by atoms with Crippen molar-refractivity contribution in [3.05, 3.63) is 29.8 Å². The summed E-state index contributed by atoms with van der Waals surface area (Å²) in [6, 6.07) is 8.62. The van der Waals surface area contributed by atoms with Gasteiger partial charge in [-0.1, -0.05) is 18.2 Å². The number of amides is 2. The number of fused-ring (bicyclic) bond motifs is 3. The van der Waals surface area contributed by atoms with E-state index in [1.165, 1.54) is 18.4 Å². The fourth-order valence-corrected chi connectivity index (χ4v) is 5.23. The molecular formula is C22H29N3O3. The van der Waals surface area contributed by atoms with Crippen LogP contribution in [0, 0.1) is 17.8 Å². The van der Waals surface area contributed by atoms with E-state index in [0.29, 0.717) is 32.8 Å². The first-order valence-corrected chi connectivity index (χ1v) is 10.6. The number of hydrogen-bond donors (Lipinski definition) is 0. The molecule has 2 amide bonds. The van der Waals surface area contributed by atoms with Crippen LogP contribution in [-0.4, -0.2) is 72.4 Å². The summed E-state index contributed by atoms with van der Waals surface area (Å²) in [6.45, 7) is 6.73. The molecule has 3 aliphatic heterocycles. The van der Waals surface area contributed by atoms with Gasteiger partial charge >= 0.3 is 0 Å². The Morgan fingerprint density at radius 2 is 1.79 bits per heavy atom. The highest BCUT2D eigenvalue weighted by Crippen LogP contribution is 2.49. The average molecular weight is 383 g/mol. The Morgan fingerprint density at radius 1 is 1.07 bits per heavy atom. The van der Waals surface area contributed by atoms with Gasteiger partial charge in [0.1, 0.15) is 5.75 Å². The molecule has 28 heavy (non-hydrogen) atoms. The molecule has 6 heteroatoms. The third-order valence-electron chi connectivity index (χ3n) is 6.96. The number of piperazine rings is 1. The highest BCUT2D eigenvalue weighted by atomic mass is 16.5. The van der Waals surface area contributed by atoms with Crippen molar-refractivity contribution in [3.8, 4) is 5.75 Å². The molecular weight excluding hydrogens is 354 g/mol. The Balaban J connectivity index is 1.36. The SMILES string of the molecule is CC(=O)N1CCN(C(=O)[C@@H]2CN(CC3CC3)[C@H]3c4ccccc4OC[C@@H]23)CC1. The van der Waals surface area contributed by atoms with Gasteiger partial charge in [0, 0.05) is 63.7 Å². The van der Waals surface area contributed by atoms with Crippen LogP contribution in [0.1, 0.15) is 31.4 Å². The van der Waals surface area contributed by atoms with Crippen LogP contribution >= 0.6 is 0 Å². The highest BCUT2D eigenvalue weighted by Gasteiger charge is 2.50. The third-order valence-corrected chi connectivity index (χ3v) is 6.96. The fourth-order valence-electron chi connectivity index (χ4n) is 5.23. The number of nitrogens with zero attached hydrogens (tertiary/aromatic N) is 3. The zero-order valence-electron chi connectivity index (χ0n) is 16.5. The van der Waals surface area contributed by atoms with Gasteiger partial charge in [0.05, 0.1) is 12.5 Å². The summed E-state index contributed by atoms with van der Waals surface area (Å²) in [5.41, 5.74) is 1.25. The molecule has 0 unspecified atom stereocenters. The van der Waals surface area contributed by atoms with E-state index in [2.05, 4.69) is 23.1 Å². The van der Waals surface area contributed by atoms with Crippen LogP contribution in [0.15, 0.2) is 24.3 Å². The summed E-state index contributed by atoms with van der Waals surface area (Å²) in [5.74, 6) is 2.32. The van der Waals surface area contributed by atoms with Gasteiger partial charge < -0.3 is 14.5 Å². The molecule has 4 aliphatic rings. The van der Waals surface area contributed by atoms with Crippen molar-refractivity contribution >= 4 is 11.8 Å². The van der Waals surface area contributed by atoms with Crippen molar-refractivity contribution in [2.45, 2.75) is 25.8 Å². The topological polar surface area (TPSA) is 53.1 Å². The molecule has 2 saturated heterocycles. The normalized spacial score (nSPS) is 29.8. The maximum atomic E-state index is 13.4. The Labute approximate surface area is 166 Å². The third kappa shape index (κ3) is 3.17. The van der Waals surface area contributed by atoms with Gasteiger partial charge in [-0.2, -0.15) is 0 Å². The van der Waals surface area contributed by atoms with Gasteiger partial charge in [0.2, 0.25) is 11.8 Å². The first kappa shape index (κ1) is 18.0. The molecule has 1 saturated carbocycles. The number of likely N-dealkylation sites (tertiary alicyclic amines) is 1. The van der Waals surface area contributed by atoms with Crippen LogP contribution in [-0.2, 0) is 9.59 Å². The van der Waals surface area contributed by atoms with E-state index in [0.717, 1.165) is 24.8 Å². The molecule has 1 aromatic carbocycles. The standard InChI is InChI=1S/C22H29N3O3/c1-15(26)23-8-10-24(11-9-23)22(27)18-13-25(12-16-6-7-16)21-17-4-2-3-5-20(17)28-14-19(18)21/h2-5,16,18-19,21H,6-14H2,1H3/t18-,19+,21+/m1/s1. The molecule has 0 aromatic heterocycles. The molecule has 0 spiro atoms. The van der Waals surface area contributed by atoms with Gasteiger partial charge in [0.25, 0.3) is 0 Å². The lowest BCUT2D eigenvalue weighted by Crippen LogP contribution is -2.52. The quantitative estimate of drug-likeness (QED) is 0.798. The number of benzene rings is 1. The molecule has 0 radical (unpaired) electrons. The van der Waals surface area contributed by atoms with E-state index in [4.69, 9.17) is 4.74 Å². The van der Waals surface area contributed by atoms with Gasteiger partial charge in [-0.05, 0) is 24.8 Å². The van der Waals surface area contributed by atoms with Crippen molar-refractivity contribution in [1.82, 2.24) is 14.7 Å². The second-order valence-electron chi connectivity index (χ2n) is 8.79. The Hall–Kier alpha value is -2.08. The summed E-state index contributed by atoms with van der Waals surface area (Å²) in [7, 11) is 0. The van der Waals surface area contributed by atoms with Crippen LogP contribution in [0.25, 0.3) is 0 Å². The molecule has 0 N–H and O–H groups in total. The predicted molar refractivity (Wildman–Crippen MR) is 105 cm³/mol. The lowest BCUT2D eigenvalue weighted by Gasteiger charge is -2.37. The minimum atomic E-state index is -0.0130. The van der Waals surface area contributed by atoms with Crippen LogP contribution in [0.3, 0.4) is 0 Å². The first-order valence-electron chi connectivity index (χ1n) is 10.6. The Kier molecular flexibility index (Phi) is 4.54. The van der Waals surface area contributed by atoms with E-state index in [9.17, 15) is 9.59 Å². The predicted octanol–water partition coefficient (Wildman–Crippen LogP) is 1.77. The van der Waals surface area contributed by atoms with E-state index in [1.807, 2.05) is 15.9 Å². The van der Waals surface area contributed by atoms with Crippen LogP contribution in [0.5, 0.6) is 5.75 Å². The van der Waals surface area contributed by atoms with Crippen molar-refractivity contribution < 1.29 is 14.3 Å². The molecule has 1 aromatic rings. The smallest absolute Gasteiger partial charge is 0.227 e. The van der Waals surface area contributed by atoms with E-state index < -0.39 is 0 Å². The minimum Gasteiger partial charge on any atom is -0.493 e. The molecule has 3 atom stereocenters. The van der Waals surface area contributed by atoms with Crippen LogP contribution in [0.4, 0.5) is 0 Å². The minimum absolute atomic E-state index is 0.0130. The van der Waals surface area contributed by atoms with Crippen LogP contribution in [0.2, 0.25) is 0 Å². The summed E-state index contributed by atoms with van der Waals surface area (Å²) < 4.78 is 6.07. The Morgan fingerprint density at radius 3 is 2.50 bits per heavy atom. The fraction of sp³-hybridized carbons (Fsp3) is 0.636. The second kappa shape index (κ2) is 7.07. The average Bonchev–Trinajstić information content (AvgIpc) is 3.46. The van der Waals surface area contributed by atoms with Crippen molar-refractivity contribution in [2.24, 2.45) is 17.8 Å².